The van der Waals surface area contributed by atoms with E-state index in [2.05, 4.69) is 0 Å². The lowest BCUT2D eigenvalue weighted by Crippen LogP contribution is -2.15. The van der Waals surface area contributed by atoms with Gasteiger partial charge in [-0.15, -0.1) is 0 Å². The van der Waals surface area contributed by atoms with Crippen LogP contribution in [0.15, 0.2) is 59.5 Å². The molecule has 0 bridgehead atoms. The Morgan fingerprint density at radius 1 is 0.889 bits per heavy atom. The van der Waals surface area contributed by atoms with E-state index in [4.69, 9.17) is 11.6 Å². The number of carbonyl (C=O) groups excluding carboxylic acids is 1. The van der Waals surface area contributed by atoms with Gasteiger partial charge in [0, 0.05) is 5.56 Å². The van der Waals surface area contributed by atoms with Crippen molar-refractivity contribution in [1.82, 2.24) is 0 Å². The third kappa shape index (κ3) is 2.30. The second-order valence-electron chi connectivity index (χ2n) is 3.59. The summed E-state index contributed by atoms with van der Waals surface area (Å²) in [5.41, 5.74) is 0.123. The third-order valence-electron chi connectivity index (χ3n) is 2.38. The fourth-order valence-corrected chi connectivity index (χ4v) is 3.16. The molecule has 0 aromatic heterocycles. The zero-order chi connectivity index (χ0) is 13.2. The van der Waals surface area contributed by atoms with E-state index >= 15 is 0 Å². The summed E-state index contributed by atoms with van der Waals surface area (Å²) in [5, 5.41) is -0.905. The first-order valence-corrected chi connectivity index (χ1v) is 6.98. The van der Waals surface area contributed by atoms with Gasteiger partial charge in [0.2, 0.25) is 9.84 Å². The zero-order valence-corrected chi connectivity index (χ0v) is 10.8. The molecule has 0 N–H and O–H groups in total. The number of carbonyl (C=O) groups is 1. The van der Waals surface area contributed by atoms with Crippen LogP contribution in [0.2, 0.25) is 5.02 Å². The number of sulfone groups is 1. The molecule has 0 fully saturated rings. The smallest absolute Gasteiger partial charge is 0.276 e. The second-order valence-corrected chi connectivity index (χ2v) is 5.81. The van der Waals surface area contributed by atoms with Crippen LogP contribution in [0.3, 0.4) is 0 Å². The highest BCUT2D eigenvalue weighted by Gasteiger charge is 2.27. The first-order valence-electron chi connectivity index (χ1n) is 5.12. The van der Waals surface area contributed by atoms with Crippen LogP contribution < -0.4 is 0 Å². The van der Waals surface area contributed by atoms with E-state index in [0.717, 1.165) is 0 Å². The average molecular weight is 281 g/mol. The van der Waals surface area contributed by atoms with Crippen LogP contribution in [-0.4, -0.2) is 13.5 Å². The van der Waals surface area contributed by atoms with Crippen molar-refractivity contribution in [3.8, 4) is 0 Å². The molecule has 3 nitrogen and oxygen atoms in total. The lowest BCUT2D eigenvalue weighted by Gasteiger charge is -2.05. The Bertz CT molecular complexity index is 678. The van der Waals surface area contributed by atoms with E-state index in [9.17, 15) is 13.2 Å². The largest absolute Gasteiger partial charge is 0.281 e. The Hall–Kier alpha value is -1.65. The number of hydrogen-bond donors (Lipinski definition) is 0. The van der Waals surface area contributed by atoms with Gasteiger partial charge in [-0.25, -0.2) is 8.42 Å². The second kappa shape index (κ2) is 4.92. The molecule has 5 heteroatoms. The first kappa shape index (κ1) is 12.8. The van der Waals surface area contributed by atoms with Gasteiger partial charge in [0.05, 0.1) is 9.92 Å². The van der Waals surface area contributed by atoms with Gasteiger partial charge in [-0.1, -0.05) is 54.1 Å². The van der Waals surface area contributed by atoms with Crippen LogP contribution in [0.1, 0.15) is 10.4 Å². The van der Waals surface area contributed by atoms with Gasteiger partial charge in [0.1, 0.15) is 0 Å². The van der Waals surface area contributed by atoms with Gasteiger partial charge in [-0.05, 0) is 12.1 Å². The van der Waals surface area contributed by atoms with Gasteiger partial charge < -0.3 is 0 Å². The van der Waals surface area contributed by atoms with Crippen molar-refractivity contribution >= 4 is 26.6 Å². The van der Waals surface area contributed by atoms with Crippen LogP contribution in [0, 0.1) is 0 Å². The minimum Gasteiger partial charge on any atom is -0.276 e. The van der Waals surface area contributed by atoms with Gasteiger partial charge in [0.25, 0.3) is 5.12 Å². The Kier molecular flexibility index (Phi) is 3.50. The lowest BCUT2D eigenvalue weighted by molar-refractivity contribution is 0.107. The highest BCUT2D eigenvalue weighted by atomic mass is 35.5. The summed E-state index contributed by atoms with van der Waals surface area (Å²) in [6.45, 7) is 0. The highest BCUT2D eigenvalue weighted by molar-refractivity contribution is 8.06. The van der Waals surface area contributed by atoms with E-state index < -0.39 is 15.0 Å². The predicted octanol–water partition coefficient (Wildman–Crippen LogP) is 2.95. The van der Waals surface area contributed by atoms with Crippen molar-refractivity contribution in [1.29, 1.82) is 0 Å². The topological polar surface area (TPSA) is 51.2 Å². The van der Waals surface area contributed by atoms with Gasteiger partial charge in [-0.3, -0.25) is 4.79 Å². The summed E-state index contributed by atoms with van der Waals surface area (Å²) in [5.74, 6) is 0. The Labute approximate surface area is 110 Å². The molecule has 0 atom stereocenters. The first-order chi connectivity index (χ1) is 8.53. The molecule has 0 saturated heterocycles. The third-order valence-corrected chi connectivity index (χ3v) is 4.48. The van der Waals surface area contributed by atoms with Crippen molar-refractivity contribution < 1.29 is 13.2 Å². The Balaban J connectivity index is 2.51. The summed E-state index contributed by atoms with van der Waals surface area (Å²) in [7, 11) is -4.09. The van der Waals surface area contributed by atoms with E-state index in [1.807, 2.05) is 0 Å². The number of hydrogen-bond acceptors (Lipinski definition) is 3. The molecule has 92 valence electrons. The molecular formula is C13H9ClO3S. The Morgan fingerprint density at radius 3 is 2.06 bits per heavy atom. The van der Waals surface area contributed by atoms with Crippen LogP contribution >= 0.6 is 11.6 Å². The molecular weight excluding hydrogens is 272 g/mol. The van der Waals surface area contributed by atoms with E-state index in [0.29, 0.717) is 0 Å². The molecule has 0 aliphatic rings. The molecule has 0 heterocycles. The molecule has 0 aliphatic carbocycles. The summed E-state index contributed by atoms with van der Waals surface area (Å²) in [6.07, 6.45) is 0. The van der Waals surface area contributed by atoms with Gasteiger partial charge >= 0.3 is 0 Å². The molecule has 2 rings (SSSR count). The summed E-state index contributed by atoms with van der Waals surface area (Å²) < 4.78 is 24.2. The van der Waals surface area contributed by atoms with Gasteiger partial charge in [0.15, 0.2) is 0 Å². The van der Waals surface area contributed by atoms with Crippen molar-refractivity contribution in [2.75, 3.05) is 0 Å². The van der Waals surface area contributed by atoms with Crippen LogP contribution in [0.4, 0.5) is 0 Å². The molecule has 0 unspecified atom stereocenters. The molecule has 18 heavy (non-hydrogen) atoms. The molecule has 0 aliphatic heterocycles. The molecule has 2 aromatic carbocycles. The monoisotopic (exact) mass is 280 g/mol. The maximum absolute atomic E-state index is 12.1. The van der Waals surface area contributed by atoms with Crippen LogP contribution in [-0.2, 0) is 9.84 Å². The van der Waals surface area contributed by atoms with Crippen molar-refractivity contribution in [3.63, 3.8) is 0 Å². The molecule has 0 spiro atoms. The molecule has 0 radical (unpaired) electrons. The average Bonchev–Trinajstić information content (AvgIpc) is 2.39. The summed E-state index contributed by atoms with van der Waals surface area (Å²) in [6, 6.07) is 13.7. The standard InChI is InChI=1S/C13H9ClO3S/c14-11-8-4-5-9-12(11)18(16,17)13(15)10-6-2-1-3-7-10/h1-9H. The van der Waals surface area contributed by atoms with Crippen LogP contribution in [0.5, 0.6) is 0 Å². The van der Waals surface area contributed by atoms with Gasteiger partial charge in [-0.2, -0.15) is 0 Å². The normalized spacial score (nSPS) is 11.2. The minimum absolute atomic E-state index is 0.0433. The summed E-state index contributed by atoms with van der Waals surface area (Å²) in [4.78, 5) is 11.8. The number of benzene rings is 2. The molecule has 0 saturated carbocycles. The summed E-state index contributed by atoms with van der Waals surface area (Å²) >= 11 is 5.81. The zero-order valence-electron chi connectivity index (χ0n) is 9.21. The van der Waals surface area contributed by atoms with E-state index in [1.165, 1.54) is 30.3 Å². The predicted molar refractivity (Wildman–Crippen MR) is 69.4 cm³/mol. The SMILES string of the molecule is O=C(c1ccccc1)S(=O)(=O)c1ccccc1Cl. The molecule has 0 amide bonds. The minimum atomic E-state index is -4.09. The van der Waals surface area contributed by atoms with E-state index in [-0.39, 0.29) is 15.5 Å². The van der Waals surface area contributed by atoms with E-state index in [1.54, 1.807) is 24.3 Å². The fourth-order valence-electron chi connectivity index (χ4n) is 1.49. The highest BCUT2D eigenvalue weighted by Crippen LogP contribution is 2.24. The van der Waals surface area contributed by atoms with Crippen LogP contribution in [0.25, 0.3) is 0 Å². The molecule has 2 aromatic rings. The lowest BCUT2D eigenvalue weighted by atomic mass is 10.2. The fraction of sp³-hybridized carbons (Fsp3) is 0. The Morgan fingerprint density at radius 2 is 1.44 bits per heavy atom. The number of rotatable bonds is 2. The maximum atomic E-state index is 12.1. The van der Waals surface area contributed by atoms with Crippen molar-refractivity contribution in [3.05, 3.63) is 65.2 Å². The van der Waals surface area contributed by atoms with Crippen molar-refractivity contribution in [2.24, 2.45) is 0 Å². The maximum Gasteiger partial charge on any atom is 0.281 e. The van der Waals surface area contributed by atoms with Crippen molar-refractivity contribution in [2.45, 2.75) is 4.90 Å². The number of halogens is 1. The quantitative estimate of drug-likeness (QED) is 0.850.